The summed E-state index contributed by atoms with van der Waals surface area (Å²) in [6.45, 7) is 0. The quantitative estimate of drug-likeness (QED) is 0.158. The Kier molecular flexibility index (Phi) is 7.89. The average Bonchev–Trinajstić information content (AvgIpc) is 2.78. The number of aliphatic hydroxyl groups is 3. The summed E-state index contributed by atoms with van der Waals surface area (Å²) >= 11 is 9.24. The van der Waals surface area contributed by atoms with Gasteiger partial charge in [0.2, 0.25) is 11.7 Å². The van der Waals surface area contributed by atoms with Gasteiger partial charge >= 0.3 is 0 Å². The summed E-state index contributed by atoms with van der Waals surface area (Å²) in [6.07, 6.45) is 0.0563. The van der Waals surface area contributed by atoms with Gasteiger partial charge in [-0.15, -0.1) is 17.0 Å². The molecule has 0 saturated carbocycles. The minimum atomic E-state index is -2.72. The molecule has 0 fully saturated rings. The van der Waals surface area contributed by atoms with Crippen molar-refractivity contribution in [3.63, 3.8) is 0 Å². The van der Waals surface area contributed by atoms with E-state index in [1.807, 2.05) is 0 Å². The fourth-order valence-corrected chi connectivity index (χ4v) is 5.97. The molecule has 1 aromatic carbocycles. The number of allylic oxidation sites excluding steroid dienone is 1. The molecule has 2 unspecified atom stereocenters. The van der Waals surface area contributed by atoms with Crippen molar-refractivity contribution >= 4 is 73.6 Å². The van der Waals surface area contributed by atoms with Crippen molar-refractivity contribution < 1.29 is 39.6 Å². The van der Waals surface area contributed by atoms with E-state index < -0.39 is 69.7 Å². The molecule has 200 valence electrons. The van der Waals surface area contributed by atoms with E-state index in [1.54, 1.807) is 14.1 Å². The van der Waals surface area contributed by atoms with Crippen LogP contribution in [0.25, 0.3) is 0 Å². The number of primary amides is 1. The number of hydrogen-bond donors (Lipinski definition) is 6. The van der Waals surface area contributed by atoms with Gasteiger partial charge in [0, 0.05) is 11.5 Å². The molecule has 0 radical (unpaired) electrons. The van der Waals surface area contributed by atoms with Crippen LogP contribution in [0.4, 0.5) is 5.69 Å². The number of Topliss-reactive ketones (excluding diaryl/α,β-unsaturated/α-hetero) is 2. The maximum absolute atomic E-state index is 13.6. The molecule has 4 rings (SSSR count). The summed E-state index contributed by atoms with van der Waals surface area (Å²) in [4.78, 5) is 52.2. The van der Waals surface area contributed by atoms with Crippen LogP contribution in [-0.4, -0.2) is 79.8 Å². The highest BCUT2D eigenvalue weighted by Gasteiger charge is 2.63. The number of carbonyl (C=O) groups excluding carboxylic acids is 4. The Morgan fingerprint density at radius 3 is 2.43 bits per heavy atom. The third kappa shape index (κ3) is 4.16. The van der Waals surface area contributed by atoms with Crippen molar-refractivity contribution in [3.8, 4) is 5.75 Å². The first-order valence-electron chi connectivity index (χ1n) is 10.8. The Morgan fingerprint density at radius 1 is 1.27 bits per heavy atom. The molecule has 11 nitrogen and oxygen atoms in total. The Balaban J connectivity index is 0.00000380. The summed E-state index contributed by atoms with van der Waals surface area (Å²) in [5.74, 6) is -8.09. The van der Waals surface area contributed by atoms with E-state index in [1.165, 1.54) is 11.0 Å². The summed E-state index contributed by atoms with van der Waals surface area (Å²) in [6, 6.07) is 0.347. The second-order valence-corrected chi connectivity index (χ2v) is 10.2. The molecule has 3 aliphatic rings. The van der Waals surface area contributed by atoms with Gasteiger partial charge in [0.25, 0.3) is 5.91 Å². The standard InChI is InChI=1S/C23H23BrClN3O8.BrH/c1-28(2)16-9-4-7-3-8-5-10(25)15(27-11(29)6-24)18(31)12(8)17(30)13(7)20(33)23(9,36)21(34)14(19(16)32)22(26)35;/h5,7,9,16,31-33,36H,3-4,6H2,1-2H3,(H2,26,35)(H,27,29);1H/t7?,9?,16-,23-;/m0./s1. The number of nitrogens with one attached hydrogen (secondary N) is 1. The zero-order chi connectivity index (χ0) is 26.9. The number of benzene rings is 1. The van der Waals surface area contributed by atoms with Crippen molar-refractivity contribution in [1.82, 2.24) is 4.90 Å². The number of nitrogens with zero attached hydrogens (tertiary/aromatic N) is 1. The van der Waals surface area contributed by atoms with E-state index in [2.05, 4.69) is 21.2 Å². The second-order valence-electron chi connectivity index (χ2n) is 9.26. The summed E-state index contributed by atoms with van der Waals surface area (Å²) < 4.78 is 0. The predicted molar refractivity (Wildman–Crippen MR) is 141 cm³/mol. The number of halogens is 3. The average molecular weight is 666 g/mol. The first-order chi connectivity index (χ1) is 16.8. The number of likely N-dealkylation sites (N-methyl/N-ethyl adjacent to an activating group) is 1. The van der Waals surface area contributed by atoms with Gasteiger partial charge in [-0.3, -0.25) is 24.1 Å². The SMILES string of the molecule is Br.CN(C)[C@@H]1C(O)=C(C(N)=O)C(=O)[C@@]2(O)C(O)=C3C(=O)c4c(cc(Cl)c(NC(=O)CBr)c4O)CC3CC12. The van der Waals surface area contributed by atoms with Crippen LogP contribution in [0.1, 0.15) is 22.3 Å². The number of phenols is 1. The molecule has 2 amide bonds. The third-order valence-electron chi connectivity index (χ3n) is 7.05. The molecule has 1 aromatic rings. The van der Waals surface area contributed by atoms with Gasteiger partial charge in [-0.2, -0.15) is 0 Å². The van der Waals surface area contributed by atoms with Crippen LogP contribution in [0.15, 0.2) is 28.7 Å². The predicted octanol–water partition coefficient (Wildman–Crippen LogP) is 1.69. The van der Waals surface area contributed by atoms with E-state index in [9.17, 15) is 39.6 Å². The molecule has 0 heterocycles. The highest BCUT2D eigenvalue weighted by atomic mass is 79.9. The van der Waals surface area contributed by atoms with Gasteiger partial charge in [-0.1, -0.05) is 27.5 Å². The van der Waals surface area contributed by atoms with E-state index >= 15 is 0 Å². The Hall–Kier alpha value is -2.45. The third-order valence-corrected chi connectivity index (χ3v) is 7.86. The van der Waals surface area contributed by atoms with Gasteiger partial charge < -0.3 is 31.5 Å². The molecule has 7 N–H and O–H groups in total. The van der Waals surface area contributed by atoms with Gasteiger partial charge in [-0.05, 0) is 44.5 Å². The topological polar surface area (TPSA) is 190 Å². The number of aliphatic hydroxyl groups excluding tert-OH is 2. The molecule has 0 saturated heterocycles. The first kappa shape index (κ1) is 29.1. The van der Waals surface area contributed by atoms with Crippen LogP contribution in [0.5, 0.6) is 5.75 Å². The number of alkyl halides is 1. The summed E-state index contributed by atoms with van der Waals surface area (Å²) in [7, 11) is 3.10. The molecule has 3 aliphatic carbocycles. The number of carbonyl (C=O) groups is 4. The van der Waals surface area contributed by atoms with Gasteiger partial charge in [0.15, 0.2) is 17.1 Å². The molecule has 14 heteroatoms. The highest BCUT2D eigenvalue weighted by molar-refractivity contribution is 9.09. The minimum absolute atomic E-state index is 0. The number of anilines is 1. The Labute approximate surface area is 234 Å². The maximum atomic E-state index is 13.6. The van der Waals surface area contributed by atoms with Crippen LogP contribution >= 0.6 is 44.5 Å². The molecule has 0 bridgehead atoms. The Bertz CT molecular complexity index is 1310. The van der Waals surface area contributed by atoms with Crippen LogP contribution in [-0.2, 0) is 20.8 Å². The molecule has 0 spiro atoms. The molecule has 4 atom stereocenters. The first-order valence-corrected chi connectivity index (χ1v) is 12.3. The lowest BCUT2D eigenvalue weighted by Crippen LogP contribution is -2.63. The largest absolute Gasteiger partial charge is 0.510 e. The van der Waals surface area contributed by atoms with Crippen LogP contribution in [0.3, 0.4) is 0 Å². The minimum Gasteiger partial charge on any atom is -0.510 e. The monoisotopic (exact) mass is 663 g/mol. The lowest BCUT2D eigenvalue weighted by Gasteiger charge is -2.50. The van der Waals surface area contributed by atoms with Crippen molar-refractivity contribution in [2.24, 2.45) is 17.6 Å². The van der Waals surface area contributed by atoms with Crippen molar-refractivity contribution in [2.75, 3.05) is 24.7 Å². The molecule has 37 heavy (non-hydrogen) atoms. The zero-order valence-electron chi connectivity index (χ0n) is 19.5. The highest BCUT2D eigenvalue weighted by Crippen LogP contribution is 2.53. The van der Waals surface area contributed by atoms with Crippen LogP contribution in [0, 0.1) is 11.8 Å². The number of nitrogens with two attached hydrogens (primary N) is 1. The Morgan fingerprint density at radius 2 is 1.89 bits per heavy atom. The number of rotatable bonds is 4. The fraction of sp³-hybridized carbons (Fsp3) is 0.391. The van der Waals surface area contributed by atoms with E-state index in [0.29, 0.717) is 5.56 Å². The van der Waals surface area contributed by atoms with Crippen LogP contribution < -0.4 is 11.1 Å². The number of amides is 2. The number of aromatic hydroxyl groups is 1. The van der Waals surface area contributed by atoms with Crippen LogP contribution in [0.2, 0.25) is 5.02 Å². The summed E-state index contributed by atoms with van der Waals surface area (Å²) in [5.41, 5.74) is 1.30. The second kappa shape index (κ2) is 10.0. The maximum Gasteiger partial charge on any atom is 0.255 e. The lowest BCUT2D eigenvalue weighted by atomic mass is 9.58. The fourth-order valence-electron chi connectivity index (χ4n) is 5.56. The molecule has 0 aromatic heterocycles. The van der Waals surface area contributed by atoms with Gasteiger partial charge in [0.05, 0.1) is 22.0 Å². The van der Waals surface area contributed by atoms with Gasteiger partial charge in [0.1, 0.15) is 22.8 Å². The molecular formula is C23H24Br2ClN3O8. The number of hydrogen-bond acceptors (Lipinski definition) is 9. The molecule has 0 aliphatic heterocycles. The molecular weight excluding hydrogens is 642 g/mol. The number of fused-ring (bicyclic) bond motifs is 3. The number of phenolic OH excluding ortho intramolecular Hbond substituents is 1. The number of ketones is 2. The van der Waals surface area contributed by atoms with Crippen molar-refractivity contribution in [3.05, 3.63) is 44.9 Å². The normalized spacial score (nSPS) is 26.8. The zero-order valence-corrected chi connectivity index (χ0v) is 23.6. The van der Waals surface area contributed by atoms with E-state index in [0.717, 1.165) is 0 Å². The summed E-state index contributed by atoms with van der Waals surface area (Å²) in [5, 5.41) is 46.7. The van der Waals surface area contributed by atoms with Gasteiger partial charge in [-0.25, -0.2) is 0 Å². The van der Waals surface area contributed by atoms with Crippen molar-refractivity contribution in [1.29, 1.82) is 0 Å². The lowest BCUT2D eigenvalue weighted by molar-refractivity contribution is -0.148. The smallest absolute Gasteiger partial charge is 0.255 e. The van der Waals surface area contributed by atoms with E-state index in [-0.39, 0.29) is 57.0 Å². The van der Waals surface area contributed by atoms with E-state index in [4.69, 9.17) is 17.3 Å². The van der Waals surface area contributed by atoms with Crippen molar-refractivity contribution in [2.45, 2.75) is 24.5 Å².